The quantitative estimate of drug-likeness (QED) is 0.841. The Labute approximate surface area is 102 Å². The van der Waals surface area contributed by atoms with Gasteiger partial charge in [0, 0.05) is 19.1 Å². The molecule has 1 heterocycles. The van der Waals surface area contributed by atoms with E-state index in [4.69, 9.17) is 0 Å². The summed E-state index contributed by atoms with van der Waals surface area (Å²) in [5, 5.41) is 5.00. The van der Waals surface area contributed by atoms with Gasteiger partial charge in [-0.05, 0) is 17.5 Å². The maximum absolute atomic E-state index is 12.0. The third-order valence-electron chi connectivity index (χ3n) is 2.93. The van der Waals surface area contributed by atoms with E-state index in [-0.39, 0.29) is 12.6 Å². The molecule has 0 spiro atoms. The molecular weight excluding hydrogens is 245 g/mol. The van der Waals surface area contributed by atoms with E-state index in [9.17, 15) is 18.0 Å². The molecular formula is C12H13F3N2O. The highest BCUT2D eigenvalue weighted by atomic mass is 19.4. The molecule has 6 heteroatoms. The van der Waals surface area contributed by atoms with Crippen LogP contribution in [0, 0.1) is 0 Å². The maximum Gasteiger partial charge on any atom is 0.471 e. The zero-order valence-corrected chi connectivity index (χ0v) is 9.55. The zero-order chi connectivity index (χ0) is 13.2. The molecule has 1 amide bonds. The lowest BCUT2D eigenvalue weighted by atomic mass is 9.96. The predicted octanol–water partition coefficient (Wildman–Crippen LogP) is 1.38. The fraction of sp³-hybridized carbons (Fsp3) is 0.417. The molecule has 2 rings (SSSR count). The van der Waals surface area contributed by atoms with E-state index < -0.39 is 12.1 Å². The first kappa shape index (κ1) is 12.9. The van der Waals surface area contributed by atoms with Crippen LogP contribution in [0.25, 0.3) is 0 Å². The molecule has 1 aliphatic rings. The molecule has 0 bridgehead atoms. The monoisotopic (exact) mass is 258 g/mol. The average Bonchev–Trinajstić information content (AvgIpc) is 2.34. The molecule has 0 radical (unpaired) electrons. The Morgan fingerprint density at radius 3 is 2.67 bits per heavy atom. The largest absolute Gasteiger partial charge is 0.471 e. The molecule has 2 N–H and O–H groups in total. The van der Waals surface area contributed by atoms with Crippen LogP contribution in [0.4, 0.5) is 13.2 Å². The predicted molar refractivity (Wildman–Crippen MR) is 59.8 cm³/mol. The number of carbonyl (C=O) groups is 1. The maximum atomic E-state index is 12.0. The minimum Gasteiger partial charge on any atom is -0.347 e. The van der Waals surface area contributed by atoms with E-state index in [2.05, 4.69) is 5.32 Å². The summed E-state index contributed by atoms with van der Waals surface area (Å²) < 4.78 is 36.0. The van der Waals surface area contributed by atoms with Gasteiger partial charge in [0.1, 0.15) is 0 Å². The van der Waals surface area contributed by atoms with Gasteiger partial charge in [-0.2, -0.15) is 13.2 Å². The number of rotatable bonds is 2. The van der Waals surface area contributed by atoms with E-state index in [1.807, 2.05) is 29.6 Å². The standard InChI is InChI=1S/C12H13F3N2O/c13-12(14,15)11(18)17-7-10-5-8-3-1-2-4-9(8)6-16-10/h1-4,10,16H,5-7H2,(H,17,18)/t10-/m1/s1. The molecule has 1 aromatic carbocycles. The number of halogens is 3. The van der Waals surface area contributed by atoms with Crippen molar-refractivity contribution in [3.63, 3.8) is 0 Å². The second-order valence-electron chi connectivity index (χ2n) is 4.26. The van der Waals surface area contributed by atoms with Crippen molar-refractivity contribution in [1.82, 2.24) is 10.6 Å². The van der Waals surface area contributed by atoms with Gasteiger partial charge in [0.25, 0.3) is 0 Å². The van der Waals surface area contributed by atoms with Crippen molar-refractivity contribution < 1.29 is 18.0 Å². The highest BCUT2D eigenvalue weighted by molar-refractivity contribution is 5.81. The Morgan fingerprint density at radius 2 is 2.00 bits per heavy atom. The fourth-order valence-corrected chi connectivity index (χ4v) is 1.98. The molecule has 0 fully saturated rings. The minimum atomic E-state index is -4.81. The summed E-state index contributed by atoms with van der Waals surface area (Å²) in [6, 6.07) is 7.59. The van der Waals surface area contributed by atoms with Crippen LogP contribution in [0.15, 0.2) is 24.3 Å². The third kappa shape index (κ3) is 3.01. The van der Waals surface area contributed by atoms with Crippen LogP contribution in [-0.2, 0) is 17.8 Å². The highest BCUT2D eigenvalue weighted by Crippen LogP contribution is 2.17. The van der Waals surface area contributed by atoms with Crippen molar-refractivity contribution in [3.8, 4) is 0 Å². The van der Waals surface area contributed by atoms with Crippen LogP contribution in [0.1, 0.15) is 11.1 Å². The number of carbonyl (C=O) groups excluding carboxylic acids is 1. The van der Waals surface area contributed by atoms with Gasteiger partial charge in [0.05, 0.1) is 0 Å². The van der Waals surface area contributed by atoms with E-state index in [0.29, 0.717) is 13.0 Å². The van der Waals surface area contributed by atoms with Crippen LogP contribution >= 0.6 is 0 Å². The molecule has 18 heavy (non-hydrogen) atoms. The van der Waals surface area contributed by atoms with Gasteiger partial charge in [-0.25, -0.2) is 0 Å². The number of fused-ring (bicyclic) bond motifs is 1. The molecule has 1 atom stereocenters. The van der Waals surface area contributed by atoms with E-state index in [0.717, 1.165) is 11.1 Å². The molecule has 98 valence electrons. The van der Waals surface area contributed by atoms with Crippen molar-refractivity contribution in [2.24, 2.45) is 0 Å². The summed E-state index contributed by atoms with van der Waals surface area (Å²) in [6.07, 6.45) is -4.19. The Morgan fingerprint density at radius 1 is 1.33 bits per heavy atom. The van der Waals surface area contributed by atoms with Gasteiger partial charge >= 0.3 is 12.1 Å². The lowest BCUT2D eigenvalue weighted by molar-refractivity contribution is -0.173. The van der Waals surface area contributed by atoms with E-state index in [1.54, 1.807) is 0 Å². The number of nitrogens with one attached hydrogen (secondary N) is 2. The number of amides is 1. The molecule has 0 unspecified atom stereocenters. The summed E-state index contributed by atoms with van der Waals surface area (Å²) in [5.74, 6) is -1.89. The number of hydrogen-bond donors (Lipinski definition) is 2. The van der Waals surface area contributed by atoms with Crippen LogP contribution in [-0.4, -0.2) is 24.7 Å². The van der Waals surface area contributed by atoms with Crippen molar-refractivity contribution in [3.05, 3.63) is 35.4 Å². The summed E-state index contributed by atoms with van der Waals surface area (Å²) in [5.41, 5.74) is 2.26. The van der Waals surface area contributed by atoms with E-state index >= 15 is 0 Å². The Balaban J connectivity index is 1.89. The molecule has 3 nitrogen and oxygen atoms in total. The minimum absolute atomic E-state index is 0.0212. The highest BCUT2D eigenvalue weighted by Gasteiger charge is 2.38. The molecule has 0 saturated carbocycles. The molecule has 0 aliphatic carbocycles. The lowest BCUT2D eigenvalue weighted by Crippen LogP contribution is -2.47. The van der Waals surface area contributed by atoms with Gasteiger partial charge in [-0.1, -0.05) is 24.3 Å². The smallest absolute Gasteiger partial charge is 0.347 e. The van der Waals surface area contributed by atoms with Gasteiger partial charge in [0.15, 0.2) is 0 Å². The first-order valence-electron chi connectivity index (χ1n) is 5.62. The zero-order valence-electron chi connectivity index (χ0n) is 9.55. The van der Waals surface area contributed by atoms with Gasteiger partial charge in [-0.15, -0.1) is 0 Å². The number of hydrogen-bond acceptors (Lipinski definition) is 2. The van der Waals surface area contributed by atoms with Gasteiger partial charge in [0.2, 0.25) is 0 Å². The fourth-order valence-electron chi connectivity index (χ4n) is 1.98. The normalized spacial score (nSPS) is 19.2. The summed E-state index contributed by atoms with van der Waals surface area (Å²) in [4.78, 5) is 10.7. The summed E-state index contributed by atoms with van der Waals surface area (Å²) in [6.45, 7) is 0.593. The second-order valence-corrected chi connectivity index (χ2v) is 4.26. The average molecular weight is 258 g/mol. The van der Waals surface area contributed by atoms with Crippen molar-refractivity contribution in [1.29, 1.82) is 0 Å². The Bertz CT molecular complexity index is 445. The van der Waals surface area contributed by atoms with Crippen molar-refractivity contribution in [2.75, 3.05) is 6.54 Å². The Kier molecular flexibility index (Phi) is 3.56. The summed E-state index contributed by atoms with van der Waals surface area (Å²) in [7, 11) is 0. The van der Waals surface area contributed by atoms with Crippen LogP contribution < -0.4 is 10.6 Å². The summed E-state index contributed by atoms with van der Waals surface area (Å²) >= 11 is 0. The number of alkyl halides is 3. The van der Waals surface area contributed by atoms with Crippen LogP contribution in [0.5, 0.6) is 0 Å². The topological polar surface area (TPSA) is 41.1 Å². The second kappa shape index (κ2) is 4.97. The Hall–Kier alpha value is -1.56. The van der Waals surface area contributed by atoms with Crippen molar-refractivity contribution >= 4 is 5.91 Å². The first-order chi connectivity index (χ1) is 8.47. The first-order valence-corrected chi connectivity index (χ1v) is 5.62. The van der Waals surface area contributed by atoms with Crippen molar-refractivity contribution in [2.45, 2.75) is 25.2 Å². The SMILES string of the molecule is O=C(NC[C@H]1Cc2ccccc2CN1)C(F)(F)F. The lowest BCUT2D eigenvalue weighted by Gasteiger charge is -2.26. The van der Waals surface area contributed by atoms with Gasteiger partial charge < -0.3 is 10.6 Å². The van der Waals surface area contributed by atoms with Crippen LogP contribution in [0.3, 0.4) is 0 Å². The molecule has 1 aromatic rings. The molecule has 0 aromatic heterocycles. The van der Waals surface area contributed by atoms with E-state index in [1.165, 1.54) is 0 Å². The third-order valence-corrected chi connectivity index (χ3v) is 2.93. The number of benzene rings is 1. The molecule has 0 saturated heterocycles. The van der Waals surface area contributed by atoms with Gasteiger partial charge in [-0.3, -0.25) is 4.79 Å². The van der Waals surface area contributed by atoms with Crippen LogP contribution in [0.2, 0.25) is 0 Å². The molecule has 1 aliphatic heterocycles.